The minimum Gasteiger partial charge on any atom is -0.423 e. The van der Waals surface area contributed by atoms with Crippen LogP contribution in [0.1, 0.15) is 22.8 Å². The van der Waals surface area contributed by atoms with Crippen molar-refractivity contribution >= 4 is 41.0 Å². The van der Waals surface area contributed by atoms with E-state index in [-0.39, 0.29) is 5.78 Å². The van der Waals surface area contributed by atoms with Gasteiger partial charge in [0, 0.05) is 27.2 Å². The van der Waals surface area contributed by atoms with Crippen molar-refractivity contribution in [2.45, 2.75) is 6.92 Å². The van der Waals surface area contributed by atoms with Crippen LogP contribution in [0.3, 0.4) is 0 Å². The number of hydrogen-bond acceptors (Lipinski definition) is 3. The summed E-state index contributed by atoms with van der Waals surface area (Å²) in [6, 6.07) is 11.4. The van der Waals surface area contributed by atoms with Crippen molar-refractivity contribution in [3.63, 3.8) is 0 Å². The van der Waals surface area contributed by atoms with Crippen molar-refractivity contribution in [3.05, 3.63) is 69.7 Å². The summed E-state index contributed by atoms with van der Waals surface area (Å²) in [6.45, 7) is 1.47. The van der Waals surface area contributed by atoms with Crippen LogP contribution in [0.4, 0.5) is 0 Å². The van der Waals surface area contributed by atoms with Crippen LogP contribution in [0.25, 0.3) is 6.08 Å². The lowest BCUT2D eigenvalue weighted by molar-refractivity contribution is -0.128. The fraction of sp³-hybridized carbons (Fsp3) is 0.0588. The number of carbonyl (C=O) groups excluding carboxylic acids is 2. The first kappa shape index (κ1) is 16.3. The number of ether oxygens (including phenoxy) is 1. The van der Waals surface area contributed by atoms with Crippen molar-refractivity contribution in [1.29, 1.82) is 0 Å². The van der Waals surface area contributed by atoms with E-state index in [1.165, 1.54) is 19.1 Å². The van der Waals surface area contributed by atoms with Gasteiger partial charge in [0.1, 0.15) is 5.75 Å². The van der Waals surface area contributed by atoms with Crippen molar-refractivity contribution in [1.82, 2.24) is 0 Å². The minimum atomic E-state index is -0.563. The second-order valence-corrected chi connectivity index (χ2v) is 5.28. The zero-order chi connectivity index (χ0) is 16.1. The minimum absolute atomic E-state index is 0.0499. The van der Waals surface area contributed by atoms with E-state index < -0.39 is 5.97 Å². The van der Waals surface area contributed by atoms with Gasteiger partial charge in [-0.15, -0.1) is 0 Å². The number of carbonyl (C=O) groups is 2. The molecule has 0 aliphatic heterocycles. The quantitative estimate of drug-likeness (QED) is 0.348. The number of ketones is 1. The molecule has 22 heavy (non-hydrogen) atoms. The number of esters is 1. The molecule has 0 saturated heterocycles. The highest BCUT2D eigenvalue weighted by atomic mass is 35.5. The summed E-state index contributed by atoms with van der Waals surface area (Å²) in [5, 5.41) is 0.893. The van der Waals surface area contributed by atoms with Gasteiger partial charge < -0.3 is 4.74 Å². The molecule has 0 aromatic heterocycles. The lowest BCUT2D eigenvalue weighted by atomic mass is 10.1. The molecule has 0 spiro atoms. The second-order valence-electron chi connectivity index (χ2n) is 4.47. The van der Waals surface area contributed by atoms with Crippen molar-refractivity contribution in [2.75, 3.05) is 0 Å². The third-order valence-corrected chi connectivity index (χ3v) is 3.52. The molecule has 2 rings (SSSR count). The van der Waals surface area contributed by atoms with E-state index in [1.807, 2.05) is 0 Å². The predicted octanol–water partition coefficient (Wildman–Crippen LogP) is 4.81. The zero-order valence-corrected chi connectivity index (χ0v) is 13.2. The Labute approximate surface area is 138 Å². The number of Topliss-reactive ketones (excluding diaryl/α,β-unsaturated/α-hetero) is 1. The first-order chi connectivity index (χ1) is 10.5. The third-order valence-electron chi connectivity index (χ3n) is 2.87. The summed E-state index contributed by atoms with van der Waals surface area (Å²) in [5.41, 5.74) is 1.10. The highest BCUT2D eigenvalue weighted by Crippen LogP contribution is 2.25. The fourth-order valence-corrected chi connectivity index (χ4v) is 2.25. The third kappa shape index (κ3) is 4.20. The van der Waals surface area contributed by atoms with E-state index >= 15 is 0 Å². The predicted molar refractivity (Wildman–Crippen MR) is 87.6 cm³/mol. The summed E-state index contributed by atoms with van der Waals surface area (Å²) in [5.74, 6) is -0.261. The lowest BCUT2D eigenvalue weighted by Crippen LogP contribution is -2.04. The average Bonchev–Trinajstić information content (AvgIpc) is 2.47. The van der Waals surface area contributed by atoms with Gasteiger partial charge >= 0.3 is 5.97 Å². The topological polar surface area (TPSA) is 43.4 Å². The van der Waals surface area contributed by atoms with Crippen LogP contribution in [0.2, 0.25) is 10.0 Å². The van der Waals surface area contributed by atoms with Gasteiger partial charge in [-0.25, -0.2) is 4.79 Å². The van der Waals surface area contributed by atoms with E-state index in [1.54, 1.807) is 42.5 Å². The molecular weight excluding hydrogens is 323 g/mol. The molecule has 2 aromatic carbocycles. The molecule has 0 fully saturated rings. The van der Waals surface area contributed by atoms with Crippen LogP contribution in [-0.2, 0) is 4.79 Å². The first-order valence-electron chi connectivity index (χ1n) is 6.42. The van der Waals surface area contributed by atoms with Crippen LogP contribution in [0.5, 0.6) is 5.75 Å². The molecule has 0 aliphatic carbocycles. The molecule has 0 radical (unpaired) electrons. The highest BCUT2D eigenvalue weighted by molar-refractivity contribution is 6.37. The molecule has 0 atom stereocenters. The largest absolute Gasteiger partial charge is 0.423 e. The first-order valence-corrected chi connectivity index (χ1v) is 7.18. The maximum Gasteiger partial charge on any atom is 0.336 e. The molecule has 112 valence electrons. The van der Waals surface area contributed by atoms with Crippen LogP contribution >= 0.6 is 23.2 Å². The van der Waals surface area contributed by atoms with Crippen molar-refractivity contribution < 1.29 is 14.3 Å². The Kier molecular flexibility index (Phi) is 5.36. The summed E-state index contributed by atoms with van der Waals surface area (Å²) < 4.78 is 5.13. The van der Waals surface area contributed by atoms with E-state index in [0.29, 0.717) is 26.9 Å². The van der Waals surface area contributed by atoms with Crippen LogP contribution in [0.15, 0.2) is 48.5 Å². The fourth-order valence-electron chi connectivity index (χ4n) is 1.73. The molecule has 0 unspecified atom stereocenters. The van der Waals surface area contributed by atoms with Crippen LogP contribution in [0, 0.1) is 0 Å². The highest BCUT2D eigenvalue weighted by Gasteiger charge is 2.05. The summed E-state index contributed by atoms with van der Waals surface area (Å²) in [6.07, 6.45) is 2.74. The average molecular weight is 335 g/mol. The summed E-state index contributed by atoms with van der Waals surface area (Å²) in [7, 11) is 0. The molecule has 0 aliphatic rings. The maximum atomic E-state index is 11.8. The van der Waals surface area contributed by atoms with Gasteiger partial charge in [0.05, 0.1) is 0 Å². The van der Waals surface area contributed by atoms with Gasteiger partial charge in [-0.3, -0.25) is 4.79 Å². The summed E-state index contributed by atoms with van der Waals surface area (Å²) in [4.78, 5) is 22.9. The number of hydrogen-bond donors (Lipinski definition) is 0. The van der Waals surface area contributed by atoms with Gasteiger partial charge in [-0.05, 0) is 49.4 Å². The molecule has 3 nitrogen and oxygen atoms in total. The molecule has 0 N–H and O–H groups in total. The lowest BCUT2D eigenvalue weighted by Gasteiger charge is -2.03. The zero-order valence-electron chi connectivity index (χ0n) is 11.7. The van der Waals surface area contributed by atoms with E-state index in [9.17, 15) is 9.59 Å². The SMILES string of the molecule is CC(=O)c1ccc(OC(=O)C=Cc2c(Cl)cccc2Cl)cc1. The number of rotatable bonds is 4. The Bertz CT molecular complexity index is 714. The molecule has 0 amide bonds. The number of benzene rings is 2. The van der Waals surface area contributed by atoms with Crippen LogP contribution in [-0.4, -0.2) is 11.8 Å². The number of halogens is 2. The monoisotopic (exact) mass is 334 g/mol. The Hall–Kier alpha value is -2.10. The van der Waals surface area contributed by atoms with E-state index in [2.05, 4.69) is 0 Å². The summed E-state index contributed by atoms with van der Waals surface area (Å²) >= 11 is 12.0. The molecule has 5 heteroatoms. The van der Waals surface area contributed by atoms with Gasteiger partial charge in [0.25, 0.3) is 0 Å². The Balaban J connectivity index is 2.06. The van der Waals surface area contributed by atoms with Gasteiger partial charge in [0.2, 0.25) is 0 Å². The smallest absolute Gasteiger partial charge is 0.336 e. The standard InChI is InChI=1S/C17H12Cl2O3/c1-11(20)12-5-7-13(8-6-12)22-17(21)10-9-14-15(18)3-2-4-16(14)19/h2-10H,1H3. The van der Waals surface area contributed by atoms with Gasteiger partial charge in [0.15, 0.2) is 5.78 Å². The van der Waals surface area contributed by atoms with Crippen LogP contribution < -0.4 is 4.74 Å². The van der Waals surface area contributed by atoms with E-state index in [0.717, 1.165) is 0 Å². The Morgan fingerprint density at radius 2 is 1.59 bits per heavy atom. The van der Waals surface area contributed by atoms with E-state index in [4.69, 9.17) is 27.9 Å². The molecule has 2 aromatic rings. The molecular formula is C17H12Cl2O3. The molecule has 0 saturated carbocycles. The normalized spacial score (nSPS) is 10.7. The Morgan fingerprint density at radius 3 is 2.14 bits per heavy atom. The maximum absolute atomic E-state index is 11.8. The van der Waals surface area contributed by atoms with Gasteiger partial charge in [-0.1, -0.05) is 29.3 Å². The Morgan fingerprint density at radius 1 is 1.00 bits per heavy atom. The van der Waals surface area contributed by atoms with Crippen molar-refractivity contribution in [3.8, 4) is 5.75 Å². The molecule has 0 heterocycles. The van der Waals surface area contributed by atoms with Gasteiger partial charge in [-0.2, -0.15) is 0 Å². The van der Waals surface area contributed by atoms with Crippen molar-refractivity contribution in [2.24, 2.45) is 0 Å². The second kappa shape index (κ2) is 7.25. The molecule has 0 bridgehead atoms.